The van der Waals surface area contributed by atoms with E-state index in [-0.39, 0.29) is 0 Å². The maximum absolute atomic E-state index is 5.67. The van der Waals surface area contributed by atoms with Crippen LogP contribution in [0.4, 0.5) is 0 Å². The summed E-state index contributed by atoms with van der Waals surface area (Å²) in [5.41, 5.74) is 0. The van der Waals surface area contributed by atoms with E-state index in [1.165, 1.54) is 0 Å². The smallest absolute Gasteiger partial charge is 0.119 e. The third kappa shape index (κ3) is 3.09. The lowest BCUT2D eigenvalue weighted by Crippen LogP contribution is -2.11. The van der Waals surface area contributed by atoms with Gasteiger partial charge < -0.3 is 9.30 Å². The first-order valence-corrected chi connectivity index (χ1v) is 5.96. The second-order valence-corrected chi connectivity index (χ2v) is 4.30. The van der Waals surface area contributed by atoms with E-state index in [2.05, 4.69) is 23.4 Å². The van der Waals surface area contributed by atoms with Crippen LogP contribution in [0, 0.1) is 0 Å². The minimum Gasteiger partial charge on any atom is -0.492 e. The number of hydrogen-bond acceptors (Lipinski definition) is 2. The molecule has 0 aliphatic carbocycles. The van der Waals surface area contributed by atoms with Gasteiger partial charge in [-0.1, -0.05) is 32.0 Å². The Kier molecular flexibility index (Phi) is 3.81. The Morgan fingerprint density at radius 3 is 2.71 bits per heavy atom. The van der Waals surface area contributed by atoms with Gasteiger partial charge in [0.25, 0.3) is 0 Å². The molecule has 90 valence electrons. The highest BCUT2D eigenvalue weighted by Gasteiger charge is 2.06. The van der Waals surface area contributed by atoms with Crippen molar-refractivity contribution in [2.24, 2.45) is 0 Å². The first-order valence-electron chi connectivity index (χ1n) is 5.96. The van der Waals surface area contributed by atoms with Crippen molar-refractivity contribution in [2.75, 3.05) is 6.61 Å². The molecule has 0 aliphatic rings. The number of rotatable bonds is 5. The first kappa shape index (κ1) is 11.7. The second kappa shape index (κ2) is 5.53. The van der Waals surface area contributed by atoms with Crippen LogP contribution >= 0.6 is 0 Å². The summed E-state index contributed by atoms with van der Waals surface area (Å²) in [6.45, 7) is 5.80. The molecule has 0 atom stereocenters. The number of nitrogens with zero attached hydrogens (tertiary/aromatic N) is 2. The Hall–Kier alpha value is -1.77. The fraction of sp³-hybridized carbons (Fsp3) is 0.357. The summed E-state index contributed by atoms with van der Waals surface area (Å²) in [6, 6.07) is 9.88. The quantitative estimate of drug-likeness (QED) is 0.789. The molecule has 0 saturated carbocycles. The van der Waals surface area contributed by atoms with Crippen molar-refractivity contribution in [1.29, 1.82) is 0 Å². The van der Waals surface area contributed by atoms with E-state index in [1.807, 2.05) is 42.7 Å². The van der Waals surface area contributed by atoms with Gasteiger partial charge >= 0.3 is 0 Å². The number of aromatic nitrogens is 2. The van der Waals surface area contributed by atoms with Crippen molar-refractivity contribution in [3.63, 3.8) is 0 Å². The van der Waals surface area contributed by atoms with Crippen LogP contribution in [0.15, 0.2) is 42.7 Å². The van der Waals surface area contributed by atoms with Gasteiger partial charge in [-0.25, -0.2) is 4.98 Å². The molecule has 2 rings (SSSR count). The van der Waals surface area contributed by atoms with Crippen molar-refractivity contribution in [3.05, 3.63) is 48.5 Å². The number of imidazole rings is 1. The van der Waals surface area contributed by atoms with Crippen LogP contribution in [0.25, 0.3) is 0 Å². The molecular formula is C14H18N2O. The zero-order valence-electron chi connectivity index (χ0n) is 10.3. The third-order valence-corrected chi connectivity index (χ3v) is 2.61. The molecule has 1 aromatic heterocycles. The molecule has 0 radical (unpaired) electrons. The topological polar surface area (TPSA) is 27.1 Å². The fourth-order valence-electron chi connectivity index (χ4n) is 1.79. The Labute approximate surface area is 102 Å². The summed E-state index contributed by atoms with van der Waals surface area (Å²) in [5.74, 6) is 2.47. The van der Waals surface area contributed by atoms with Gasteiger partial charge in [0.15, 0.2) is 0 Å². The number of ether oxygens (including phenoxy) is 1. The summed E-state index contributed by atoms with van der Waals surface area (Å²) in [5, 5.41) is 0. The molecule has 0 amide bonds. The van der Waals surface area contributed by atoms with Gasteiger partial charge in [0.1, 0.15) is 18.2 Å². The molecule has 0 spiro atoms. The van der Waals surface area contributed by atoms with Gasteiger partial charge in [-0.15, -0.1) is 0 Å². The zero-order valence-corrected chi connectivity index (χ0v) is 10.3. The molecule has 17 heavy (non-hydrogen) atoms. The molecule has 3 heteroatoms. The highest BCUT2D eigenvalue weighted by Crippen LogP contribution is 2.12. The molecule has 0 unspecified atom stereocenters. The molecule has 0 fully saturated rings. The van der Waals surface area contributed by atoms with Gasteiger partial charge in [-0.3, -0.25) is 0 Å². The van der Waals surface area contributed by atoms with Crippen LogP contribution in [0.1, 0.15) is 25.6 Å². The number of benzene rings is 1. The van der Waals surface area contributed by atoms with Crippen molar-refractivity contribution >= 4 is 0 Å². The van der Waals surface area contributed by atoms with Crippen molar-refractivity contribution in [2.45, 2.75) is 26.3 Å². The molecule has 0 saturated heterocycles. The zero-order chi connectivity index (χ0) is 12.1. The minimum atomic E-state index is 0.446. The normalized spacial score (nSPS) is 10.8. The Morgan fingerprint density at radius 2 is 2.00 bits per heavy atom. The minimum absolute atomic E-state index is 0.446. The van der Waals surface area contributed by atoms with Crippen LogP contribution in [0.2, 0.25) is 0 Å². The standard InChI is InChI=1S/C14H18N2O/c1-12(2)14-15-8-9-16(14)10-11-17-13-6-4-3-5-7-13/h3-9,12H,10-11H2,1-2H3. The van der Waals surface area contributed by atoms with Crippen molar-refractivity contribution in [3.8, 4) is 5.75 Å². The van der Waals surface area contributed by atoms with E-state index in [4.69, 9.17) is 4.74 Å². The highest BCUT2D eigenvalue weighted by molar-refractivity contribution is 5.20. The molecule has 1 heterocycles. The molecular weight excluding hydrogens is 212 g/mol. The second-order valence-electron chi connectivity index (χ2n) is 4.30. The van der Waals surface area contributed by atoms with E-state index in [0.29, 0.717) is 12.5 Å². The summed E-state index contributed by atoms with van der Waals surface area (Å²) in [6.07, 6.45) is 3.85. The van der Waals surface area contributed by atoms with Gasteiger partial charge in [-0.05, 0) is 12.1 Å². The van der Waals surface area contributed by atoms with Crippen molar-refractivity contribution < 1.29 is 4.74 Å². The van der Waals surface area contributed by atoms with Gasteiger partial charge in [0.2, 0.25) is 0 Å². The van der Waals surface area contributed by atoms with Gasteiger partial charge in [-0.2, -0.15) is 0 Å². The largest absolute Gasteiger partial charge is 0.492 e. The third-order valence-electron chi connectivity index (χ3n) is 2.61. The summed E-state index contributed by atoms with van der Waals surface area (Å²) >= 11 is 0. The number of para-hydroxylation sites is 1. The molecule has 1 aromatic carbocycles. The predicted octanol–water partition coefficient (Wildman–Crippen LogP) is 3.09. The lowest BCUT2D eigenvalue weighted by Gasteiger charge is -2.11. The summed E-state index contributed by atoms with van der Waals surface area (Å²) in [4.78, 5) is 4.35. The Morgan fingerprint density at radius 1 is 1.24 bits per heavy atom. The number of hydrogen-bond donors (Lipinski definition) is 0. The van der Waals surface area contributed by atoms with Gasteiger partial charge in [0, 0.05) is 18.3 Å². The molecule has 0 aliphatic heterocycles. The van der Waals surface area contributed by atoms with Crippen LogP contribution in [0.5, 0.6) is 5.75 Å². The summed E-state index contributed by atoms with van der Waals surface area (Å²) < 4.78 is 7.81. The molecule has 2 aromatic rings. The fourth-order valence-corrected chi connectivity index (χ4v) is 1.79. The average Bonchev–Trinajstić information content (AvgIpc) is 2.79. The van der Waals surface area contributed by atoms with Gasteiger partial charge in [0.05, 0.1) is 6.54 Å². The lowest BCUT2D eigenvalue weighted by molar-refractivity contribution is 0.295. The lowest BCUT2D eigenvalue weighted by atomic mass is 10.2. The van der Waals surface area contributed by atoms with Crippen LogP contribution < -0.4 is 4.74 Å². The van der Waals surface area contributed by atoms with E-state index in [9.17, 15) is 0 Å². The molecule has 0 N–H and O–H groups in total. The maximum Gasteiger partial charge on any atom is 0.119 e. The predicted molar refractivity (Wildman–Crippen MR) is 68.3 cm³/mol. The average molecular weight is 230 g/mol. The maximum atomic E-state index is 5.67. The van der Waals surface area contributed by atoms with E-state index < -0.39 is 0 Å². The van der Waals surface area contributed by atoms with E-state index in [0.717, 1.165) is 18.1 Å². The molecule has 3 nitrogen and oxygen atoms in total. The van der Waals surface area contributed by atoms with Crippen LogP contribution in [-0.2, 0) is 6.54 Å². The van der Waals surface area contributed by atoms with E-state index >= 15 is 0 Å². The van der Waals surface area contributed by atoms with Crippen LogP contribution in [0.3, 0.4) is 0 Å². The van der Waals surface area contributed by atoms with Crippen LogP contribution in [-0.4, -0.2) is 16.2 Å². The van der Waals surface area contributed by atoms with Crippen molar-refractivity contribution in [1.82, 2.24) is 9.55 Å². The molecule has 0 bridgehead atoms. The SMILES string of the molecule is CC(C)c1nccn1CCOc1ccccc1. The Balaban J connectivity index is 1.88. The summed E-state index contributed by atoms with van der Waals surface area (Å²) in [7, 11) is 0. The first-order chi connectivity index (χ1) is 8.27. The van der Waals surface area contributed by atoms with E-state index in [1.54, 1.807) is 0 Å². The Bertz CT molecular complexity index is 448. The monoisotopic (exact) mass is 230 g/mol. The highest BCUT2D eigenvalue weighted by atomic mass is 16.5.